The molecule has 0 saturated carbocycles. The summed E-state index contributed by atoms with van der Waals surface area (Å²) in [6, 6.07) is 0. The van der Waals surface area contributed by atoms with Crippen molar-refractivity contribution in [3.63, 3.8) is 0 Å². The minimum absolute atomic E-state index is 0.192. The standard InChI is InChI=1S/C45H74O4/c1-3-5-7-9-11-13-15-17-19-20-21-22-23-24-25-27-29-31-33-35-37-39-41-48-43-44(42-46)49-45(47)40-38-36-34-32-30-28-26-18-16-14-12-10-8-6-4-2/h5-8,11-14,17-19,21-22,24-26,44,46H,3-4,9-10,15-16,20,23,27-43H2,1-2H3/b7-5-,8-6-,13-11-,14-12-,19-17-,22-21-,25-24-,26-18-. The molecule has 0 radical (unpaired) electrons. The van der Waals surface area contributed by atoms with Crippen LogP contribution in [-0.4, -0.2) is 37.0 Å². The van der Waals surface area contributed by atoms with Gasteiger partial charge in [-0.3, -0.25) is 4.79 Å². The summed E-state index contributed by atoms with van der Waals surface area (Å²) in [5, 5.41) is 9.58. The number of allylic oxidation sites excluding steroid dienone is 16. The van der Waals surface area contributed by atoms with Gasteiger partial charge in [0.05, 0.1) is 13.2 Å². The van der Waals surface area contributed by atoms with Gasteiger partial charge >= 0.3 is 5.97 Å². The highest BCUT2D eigenvalue weighted by Crippen LogP contribution is 2.11. The minimum atomic E-state index is -0.558. The Bertz CT molecular complexity index is 934. The zero-order chi connectivity index (χ0) is 35.6. The van der Waals surface area contributed by atoms with Crippen molar-refractivity contribution in [1.82, 2.24) is 0 Å². The molecule has 0 fully saturated rings. The third-order valence-corrected chi connectivity index (χ3v) is 7.90. The smallest absolute Gasteiger partial charge is 0.306 e. The molecule has 0 spiro atoms. The Labute approximate surface area is 302 Å². The fourth-order valence-electron chi connectivity index (χ4n) is 5.01. The van der Waals surface area contributed by atoms with E-state index in [9.17, 15) is 9.90 Å². The molecule has 0 heterocycles. The molecule has 278 valence electrons. The number of ether oxygens (including phenoxy) is 2. The molecule has 0 saturated heterocycles. The molecule has 0 aliphatic heterocycles. The van der Waals surface area contributed by atoms with Gasteiger partial charge in [-0.05, 0) is 89.9 Å². The fourth-order valence-corrected chi connectivity index (χ4v) is 5.01. The number of esters is 1. The molecule has 0 aliphatic carbocycles. The van der Waals surface area contributed by atoms with Crippen LogP contribution in [0.2, 0.25) is 0 Å². The SMILES string of the molecule is CC/C=C\C/C=C\C/C=C\C/C=C\C/C=C\CCCCCCCCOCC(CO)OC(=O)CCCCCCC/C=C\C/C=C\C/C=C\CC. The number of hydrogen-bond donors (Lipinski definition) is 1. The number of rotatable bonds is 35. The highest BCUT2D eigenvalue weighted by atomic mass is 16.6. The van der Waals surface area contributed by atoms with E-state index in [-0.39, 0.29) is 19.2 Å². The van der Waals surface area contributed by atoms with Crippen molar-refractivity contribution in [3.8, 4) is 0 Å². The first-order valence-electron chi connectivity index (χ1n) is 19.8. The molecule has 0 rings (SSSR count). The first-order valence-corrected chi connectivity index (χ1v) is 19.8. The maximum atomic E-state index is 12.2. The van der Waals surface area contributed by atoms with Crippen LogP contribution in [-0.2, 0) is 14.3 Å². The maximum absolute atomic E-state index is 12.2. The van der Waals surface area contributed by atoms with E-state index in [2.05, 4.69) is 111 Å². The number of unbranched alkanes of at least 4 members (excludes halogenated alkanes) is 11. The topological polar surface area (TPSA) is 55.8 Å². The Kier molecular flexibility index (Phi) is 39.2. The van der Waals surface area contributed by atoms with E-state index < -0.39 is 6.10 Å². The quantitative estimate of drug-likeness (QED) is 0.0412. The average Bonchev–Trinajstić information content (AvgIpc) is 3.11. The van der Waals surface area contributed by atoms with E-state index in [4.69, 9.17) is 9.47 Å². The van der Waals surface area contributed by atoms with Crippen LogP contribution in [0.4, 0.5) is 0 Å². The summed E-state index contributed by atoms with van der Waals surface area (Å²) in [4.78, 5) is 12.2. The third kappa shape index (κ3) is 39.6. The van der Waals surface area contributed by atoms with E-state index >= 15 is 0 Å². The number of carbonyl (C=O) groups is 1. The predicted molar refractivity (Wildman–Crippen MR) is 214 cm³/mol. The number of aliphatic hydroxyl groups excluding tert-OH is 1. The molecule has 0 bridgehead atoms. The van der Waals surface area contributed by atoms with E-state index in [1.165, 1.54) is 38.5 Å². The van der Waals surface area contributed by atoms with E-state index in [0.717, 1.165) is 96.3 Å². The van der Waals surface area contributed by atoms with Crippen LogP contribution in [0.3, 0.4) is 0 Å². The summed E-state index contributed by atoms with van der Waals surface area (Å²) in [5.74, 6) is -0.228. The maximum Gasteiger partial charge on any atom is 0.306 e. The fraction of sp³-hybridized carbons (Fsp3) is 0.622. The Hall–Kier alpha value is -2.69. The minimum Gasteiger partial charge on any atom is -0.457 e. The van der Waals surface area contributed by atoms with Crippen molar-refractivity contribution in [2.24, 2.45) is 0 Å². The van der Waals surface area contributed by atoms with Crippen LogP contribution in [0.15, 0.2) is 97.2 Å². The van der Waals surface area contributed by atoms with E-state index in [1.54, 1.807) is 0 Å². The molecule has 0 amide bonds. The van der Waals surface area contributed by atoms with Crippen molar-refractivity contribution in [2.75, 3.05) is 19.8 Å². The summed E-state index contributed by atoms with van der Waals surface area (Å²) in [5.41, 5.74) is 0. The molecule has 4 nitrogen and oxygen atoms in total. The molecule has 0 aromatic rings. The van der Waals surface area contributed by atoms with Crippen LogP contribution in [0.25, 0.3) is 0 Å². The van der Waals surface area contributed by atoms with Crippen molar-refractivity contribution in [2.45, 2.75) is 161 Å². The Morgan fingerprint density at radius 2 is 0.857 bits per heavy atom. The molecular weight excluding hydrogens is 604 g/mol. The van der Waals surface area contributed by atoms with Gasteiger partial charge in [0, 0.05) is 13.0 Å². The second kappa shape index (κ2) is 41.5. The van der Waals surface area contributed by atoms with Crippen LogP contribution in [0.1, 0.15) is 155 Å². The summed E-state index contributed by atoms with van der Waals surface area (Å²) < 4.78 is 11.1. The largest absolute Gasteiger partial charge is 0.457 e. The van der Waals surface area contributed by atoms with Gasteiger partial charge in [0.25, 0.3) is 0 Å². The lowest BCUT2D eigenvalue weighted by Gasteiger charge is -2.15. The summed E-state index contributed by atoms with van der Waals surface area (Å²) >= 11 is 0. The van der Waals surface area contributed by atoms with Gasteiger partial charge in [0.1, 0.15) is 6.10 Å². The monoisotopic (exact) mass is 679 g/mol. The average molecular weight is 679 g/mol. The highest BCUT2D eigenvalue weighted by molar-refractivity contribution is 5.69. The van der Waals surface area contributed by atoms with E-state index in [0.29, 0.717) is 13.0 Å². The summed E-state index contributed by atoms with van der Waals surface area (Å²) in [6.07, 6.45) is 58.8. The lowest BCUT2D eigenvalue weighted by atomic mass is 10.1. The van der Waals surface area contributed by atoms with Gasteiger partial charge in [-0.15, -0.1) is 0 Å². The predicted octanol–water partition coefficient (Wildman–Crippen LogP) is 13.0. The van der Waals surface area contributed by atoms with E-state index in [1.807, 2.05) is 0 Å². The third-order valence-electron chi connectivity index (χ3n) is 7.90. The summed E-state index contributed by atoms with van der Waals surface area (Å²) in [7, 11) is 0. The van der Waals surface area contributed by atoms with Gasteiger partial charge in [0.2, 0.25) is 0 Å². The second-order valence-electron chi connectivity index (χ2n) is 12.6. The van der Waals surface area contributed by atoms with Crippen LogP contribution < -0.4 is 0 Å². The van der Waals surface area contributed by atoms with Crippen LogP contribution in [0, 0.1) is 0 Å². The first-order chi connectivity index (χ1) is 24.2. The molecule has 1 unspecified atom stereocenters. The van der Waals surface area contributed by atoms with Gasteiger partial charge in [-0.1, -0.05) is 156 Å². The first kappa shape index (κ1) is 46.3. The molecule has 0 aliphatic rings. The molecular formula is C45H74O4. The number of aliphatic hydroxyl groups is 1. The zero-order valence-corrected chi connectivity index (χ0v) is 31.7. The van der Waals surface area contributed by atoms with Gasteiger partial charge in [-0.25, -0.2) is 0 Å². The molecule has 1 N–H and O–H groups in total. The lowest BCUT2D eigenvalue weighted by Crippen LogP contribution is -2.27. The highest BCUT2D eigenvalue weighted by Gasteiger charge is 2.13. The zero-order valence-electron chi connectivity index (χ0n) is 31.7. The molecule has 0 aromatic carbocycles. The molecule has 49 heavy (non-hydrogen) atoms. The van der Waals surface area contributed by atoms with Crippen LogP contribution >= 0.6 is 0 Å². The lowest BCUT2D eigenvalue weighted by molar-refractivity contribution is -0.154. The van der Waals surface area contributed by atoms with Gasteiger partial charge < -0.3 is 14.6 Å². The van der Waals surface area contributed by atoms with Crippen molar-refractivity contribution in [1.29, 1.82) is 0 Å². The Morgan fingerprint density at radius 3 is 1.29 bits per heavy atom. The molecule has 1 atom stereocenters. The van der Waals surface area contributed by atoms with Crippen molar-refractivity contribution < 1.29 is 19.4 Å². The van der Waals surface area contributed by atoms with Crippen LogP contribution in [0.5, 0.6) is 0 Å². The summed E-state index contributed by atoms with van der Waals surface area (Å²) in [6.45, 7) is 5.05. The Balaban J connectivity index is 3.55. The molecule has 4 heteroatoms. The number of hydrogen-bond acceptors (Lipinski definition) is 4. The van der Waals surface area contributed by atoms with Gasteiger partial charge in [-0.2, -0.15) is 0 Å². The Morgan fingerprint density at radius 1 is 0.490 bits per heavy atom. The molecule has 0 aromatic heterocycles. The normalized spacial score (nSPS) is 13.4. The van der Waals surface area contributed by atoms with Crippen molar-refractivity contribution in [3.05, 3.63) is 97.2 Å². The van der Waals surface area contributed by atoms with Crippen molar-refractivity contribution >= 4 is 5.97 Å². The number of carbonyl (C=O) groups excluding carboxylic acids is 1. The second-order valence-corrected chi connectivity index (χ2v) is 12.6. The van der Waals surface area contributed by atoms with Gasteiger partial charge in [0.15, 0.2) is 0 Å².